The van der Waals surface area contributed by atoms with E-state index in [-0.39, 0.29) is 13.4 Å². The third-order valence-electron chi connectivity index (χ3n) is 2.92. The van der Waals surface area contributed by atoms with Gasteiger partial charge >= 0.3 is 5.97 Å². The molecule has 21 heavy (non-hydrogen) atoms. The Bertz CT molecular complexity index is 700. The van der Waals surface area contributed by atoms with Crippen LogP contribution in [0.2, 0.25) is 10.0 Å². The van der Waals surface area contributed by atoms with Crippen molar-refractivity contribution in [3.05, 3.63) is 57.6 Å². The molecule has 1 heterocycles. The molecule has 2 aromatic rings. The maximum absolute atomic E-state index is 11.9. The third kappa shape index (κ3) is 3.06. The van der Waals surface area contributed by atoms with E-state index in [1.165, 1.54) is 0 Å². The molecule has 0 spiro atoms. The highest BCUT2D eigenvalue weighted by Crippen LogP contribution is 2.39. The van der Waals surface area contributed by atoms with E-state index in [4.69, 9.17) is 37.4 Å². The lowest BCUT2D eigenvalue weighted by atomic mass is 10.2. The molecule has 0 N–H and O–H groups in total. The fraction of sp³-hybridized carbons (Fsp3) is 0.133. The molecule has 1 aliphatic rings. The van der Waals surface area contributed by atoms with Gasteiger partial charge in [-0.15, -0.1) is 0 Å². The SMILES string of the molecule is O=C(OCc1cc(Cl)c2c(c1)OCO2)c1cccc(Cl)c1. The molecule has 3 rings (SSSR count). The quantitative estimate of drug-likeness (QED) is 0.798. The molecule has 1 aliphatic heterocycles. The van der Waals surface area contributed by atoms with Gasteiger partial charge in [0.15, 0.2) is 11.5 Å². The Labute approximate surface area is 131 Å². The standard InChI is InChI=1S/C15H10Cl2O4/c16-11-3-1-2-10(6-11)15(18)19-7-9-4-12(17)14-13(5-9)20-8-21-14/h1-6H,7-8H2. The van der Waals surface area contributed by atoms with Gasteiger partial charge in [-0.1, -0.05) is 29.3 Å². The van der Waals surface area contributed by atoms with Crippen LogP contribution in [0.25, 0.3) is 0 Å². The number of carbonyl (C=O) groups is 1. The molecular weight excluding hydrogens is 315 g/mol. The van der Waals surface area contributed by atoms with Gasteiger partial charge in [0.1, 0.15) is 6.61 Å². The van der Waals surface area contributed by atoms with Crippen molar-refractivity contribution in [1.29, 1.82) is 0 Å². The van der Waals surface area contributed by atoms with Crippen LogP contribution in [0.15, 0.2) is 36.4 Å². The van der Waals surface area contributed by atoms with Crippen molar-refractivity contribution in [2.24, 2.45) is 0 Å². The lowest BCUT2D eigenvalue weighted by Gasteiger charge is -2.07. The molecule has 6 heteroatoms. The van der Waals surface area contributed by atoms with Crippen molar-refractivity contribution in [3.8, 4) is 11.5 Å². The summed E-state index contributed by atoms with van der Waals surface area (Å²) in [5, 5.41) is 0.911. The Balaban J connectivity index is 1.71. The number of fused-ring (bicyclic) bond motifs is 1. The number of carbonyl (C=O) groups excluding carboxylic acids is 1. The molecular formula is C15H10Cl2O4. The van der Waals surface area contributed by atoms with Crippen LogP contribution in [-0.4, -0.2) is 12.8 Å². The number of esters is 1. The van der Waals surface area contributed by atoms with Crippen molar-refractivity contribution in [3.63, 3.8) is 0 Å². The van der Waals surface area contributed by atoms with Gasteiger partial charge in [0.05, 0.1) is 10.6 Å². The van der Waals surface area contributed by atoms with Gasteiger partial charge in [0, 0.05) is 5.02 Å². The lowest BCUT2D eigenvalue weighted by molar-refractivity contribution is 0.0472. The van der Waals surface area contributed by atoms with E-state index >= 15 is 0 Å². The Kier molecular flexibility index (Phi) is 3.90. The van der Waals surface area contributed by atoms with Crippen LogP contribution in [0.5, 0.6) is 11.5 Å². The average molecular weight is 325 g/mol. The first kappa shape index (κ1) is 14.0. The second kappa shape index (κ2) is 5.84. The fourth-order valence-corrected chi connectivity index (χ4v) is 2.43. The highest BCUT2D eigenvalue weighted by atomic mass is 35.5. The molecule has 0 saturated heterocycles. The molecule has 0 aliphatic carbocycles. The van der Waals surface area contributed by atoms with Gasteiger partial charge in [-0.05, 0) is 35.9 Å². The van der Waals surface area contributed by atoms with Gasteiger partial charge in [0.2, 0.25) is 6.79 Å². The molecule has 0 atom stereocenters. The lowest BCUT2D eigenvalue weighted by Crippen LogP contribution is -2.05. The van der Waals surface area contributed by atoms with Crippen molar-refractivity contribution >= 4 is 29.2 Å². The Morgan fingerprint density at radius 3 is 2.86 bits per heavy atom. The predicted molar refractivity (Wildman–Crippen MR) is 78.1 cm³/mol. The molecule has 2 aromatic carbocycles. The zero-order valence-corrected chi connectivity index (χ0v) is 12.3. The summed E-state index contributed by atoms with van der Waals surface area (Å²) in [6.45, 7) is 0.225. The first-order valence-corrected chi connectivity index (χ1v) is 6.90. The average Bonchev–Trinajstić information content (AvgIpc) is 2.93. The molecule has 0 saturated carbocycles. The van der Waals surface area contributed by atoms with E-state index in [2.05, 4.69) is 0 Å². The summed E-state index contributed by atoms with van der Waals surface area (Å²) in [5.74, 6) is 0.615. The van der Waals surface area contributed by atoms with E-state index < -0.39 is 5.97 Å². The normalized spacial score (nSPS) is 12.3. The zero-order valence-electron chi connectivity index (χ0n) is 10.8. The number of hydrogen-bond donors (Lipinski definition) is 0. The third-order valence-corrected chi connectivity index (χ3v) is 3.43. The van der Waals surface area contributed by atoms with Crippen molar-refractivity contribution < 1.29 is 19.0 Å². The molecule has 0 aromatic heterocycles. The van der Waals surface area contributed by atoms with E-state index in [0.717, 1.165) is 5.56 Å². The van der Waals surface area contributed by atoms with E-state index in [1.807, 2.05) is 0 Å². The van der Waals surface area contributed by atoms with Crippen LogP contribution >= 0.6 is 23.2 Å². The Morgan fingerprint density at radius 2 is 2.05 bits per heavy atom. The number of benzene rings is 2. The maximum Gasteiger partial charge on any atom is 0.338 e. The van der Waals surface area contributed by atoms with Crippen molar-refractivity contribution in [2.75, 3.05) is 6.79 Å². The van der Waals surface area contributed by atoms with Crippen LogP contribution in [0, 0.1) is 0 Å². The monoisotopic (exact) mass is 324 g/mol. The minimum absolute atomic E-state index is 0.0850. The van der Waals surface area contributed by atoms with Crippen LogP contribution in [0.4, 0.5) is 0 Å². The topological polar surface area (TPSA) is 44.8 Å². The summed E-state index contributed by atoms with van der Waals surface area (Å²) in [6.07, 6.45) is 0. The van der Waals surface area contributed by atoms with E-state index in [0.29, 0.717) is 27.1 Å². The summed E-state index contributed by atoms with van der Waals surface area (Å²) in [7, 11) is 0. The Morgan fingerprint density at radius 1 is 1.19 bits per heavy atom. The van der Waals surface area contributed by atoms with Crippen LogP contribution < -0.4 is 9.47 Å². The predicted octanol–water partition coefficient (Wildman–Crippen LogP) is 4.08. The Hall–Kier alpha value is -1.91. The summed E-state index contributed by atoms with van der Waals surface area (Å²) in [4.78, 5) is 11.9. The van der Waals surface area contributed by atoms with Crippen molar-refractivity contribution in [2.45, 2.75) is 6.61 Å². The molecule has 0 amide bonds. The minimum atomic E-state index is -0.453. The summed E-state index contributed by atoms with van der Waals surface area (Å²) >= 11 is 11.9. The van der Waals surface area contributed by atoms with Gasteiger partial charge in [-0.3, -0.25) is 0 Å². The van der Waals surface area contributed by atoms with Gasteiger partial charge in [-0.25, -0.2) is 4.79 Å². The molecule has 0 radical (unpaired) electrons. The van der Waals surface area contributed by atoms with Crippen LogP contribution in [-0.2, 0) is 11.3 Å². The number of rotatable bonds is 3. The maximum atomic E-state index is 11.9. The number of halogens is 2. The fourth-order valence-electron chi connectivity index (χ4n) is 1.95. The first-order chi connectivity index (χ1) is 10.1. The number of ether oxygens (including phenoxy) is 3. The van der Waals surface area contributed by atoms with Crippen LogP contribution in [0.1, 0.15) is 15.9 Å². The molecule has 0 fully saturated rings. The van der Waals surface area contributed by atoms with E-state index in [9.17, 15) is 4.79 Å². The molecule has 0 unspecified atom stereocenters. The smallest absolute Gasteiger partial charge is 0.338 e. The molecule has 4 nitrogen and oxygen atoms in total. The number of hydrogen-bond acceptors (Lipinski definition) is 4. The first-order valence-electron chi connectivity index (χ1n) is 6.14. The molecule has 108 valence electrons. The zero-order chi connectivity index (χ0) is 14.8. The highest BCUT2D eigenvalue weighted by Gasteiger charge is 2.19. The summed E-state index contributed by atoms with van der Waals surface area (Å²) in [5.41, 5.74) is 1.12. The van der Waals surface area contributed by atoms with Crippen molar-refractivity contribution in [1.82, 2.24) is 0 Å². The summed E-state index contributed by atoms with van der Waals surface area (Å²) in [6, 6.07) is 9.99. The largest absolute Gasteiger partial charge is 0.457 e. The van der Waals surface area contributed by atoms with Gasteiger partial charge in [0.25, 0.3) is 0 Å². The van der Waals surface area contributed by atoms with E-state index in [1.54, 1.807) is 36.4 Å². The van der Waals surface area contributed by atoms with Gasteiger partial charge in [-0.2, -0.15) is 0 Å². The van der Waals surface area contributed by atoms with Crippen LogP contribution in [0.3, 0.4) is 0 Å². The summed E-state index contributed by atoms with van der Waals surface area (Å²) < 4.78 is 15.7. The second-order valence-corrected chi connectivity index (χ2v) is 5.24. The molecule has 0 bridgehead atoms. The van der Waals surface area contributed by atoms with Gasteiger partial charge < -0.3 is 14.2 Å². The highest BCUT2D eigenvalue weighted by molar-refractivity contribution is 6.32. The minimum Gasteiger partial charge on any atom is -0.457 e. The second-order valence-electron chi connectivity index (χ2n) is 4.40.